The van der Waals surface area contributed by atoms with Crippen molar-refractivity contribution in [2.45, 2.75) is 103 Å². The highest BCUT2D eigenvalue weighted by atomic mass is 32.1. The van der Waals surface area contributed by atoms with Crippen LogP contribution in [0.3, 0.4) is 0 Å². The highest BCUT2D eigenvalue weighted by molar-refractivity contribution is 7.80. The normalized spacial score (nSPS) is 14.0. The first-order valence-electron chi connectivity index (χ1n) is 9.84. The summed E-state index contributed by atoms with van der Waals surface area (Å²) in [5.41, 5.74) is 0. The molecule has 3 nitrogen and oxygen atoms in total. The van der Waals surface area contributed by atoms with E-state index in [1.807, 2.05) is 6.08 Å². The average molecular weight is 358 g/mol. The molecule has 0 aromatic heterocycles. The maximum atomic E-state index is 9.97. The first-order chi connectivity index (χ1) is 11.6. The van der Waals surface area contributed by atoms with Crippen LogP contribution in [0.15, 0.2) is 12.2 Å². The second-order valence-corrected chi connectivity index (χ2v) is 7.34. The molecule has 0 heterocycles. The van der Waals surface area contributed by atoms with Crippen molar-refractivity contribution in [2.75, 3.05) is 6.61 Å². The summed E-state index contributed by atoms with van der Waals surface area (Å²) < 4.78 is 0. The van der Waals surface area contributed by atoms with Crippen LogP contribution in [0.2, 0.25) is 0 Å². The van der Waals surface area contributed by atoms with Gasteiger partial charge in [0.15, 0.2) is 0 Å². The number of unbranched alkanes of at least 4 members (excludes halogenated alkanes) is 11. The quantitative estimate of drug-likeness (QED) is 0.209. The average Bonchev–Trinajstić information content (AvgIpc) is 2.56. The molecule has 0 spiro atoms. The third-order valence-electron chi connectivity index (χ3n) is 4.31. The molecule has 2 atom stereocenters. The zero-order chi connectivity index (χ0) is 18.0. The lowest BCUT2D eigenvalue weighted by Crippen LogP contribution is -2.43. The monoisotopic (exact) mass is 357 g/mol. The predicted octanol–water partition coefficient (Wildman–Crippen LogP) is 4.90. The Balaban J connectivity index is 3.47. The Hall–Kier alpha value is -0.450. The first kappa shape index (κ1) is 23.5. The molecule has 3 N–H and O–H groups in total. The van der Waals surface area contributed by atoms with Crippen molar-refractivity contribution in [1.82, 2.24) is 5.32 Å². The lowest BCUT2D eigenvalue weighted by atomic mass is 10.0. The van der Waals surface area contributed by atoms with Gasteiger partial charge in [0.1, 0.15) is 0 Å². The molecule has 0 aliphatic carbocycles. The Bertz CT molecular complexity index is 321. The number of aliphatic hydroxyl groups excluding tert-OH is 2. The molecule has 0 aliphatic heterocycles. The van der Waals surface area contributed by atoms with Crippen LogP contribution in [-0.4, -0.2) is 34.0 Å². The highest BCUT2D eigenvalue weighted by Gasteiger charge is 2.14. The number of aliphatic hydroxyl groups is 2. The molecule has 0 amide bonds. The molecule has 24 heavy (non-hydrogen) atoms. The van der Waals surface area contributed by atoms with E-state index in [1.54, 1.807) is 13.0 Å². The summed E-state index contributed by atoms with van der Waals surface area (Å²) in [6, 6.07) is -0.406. The van der Waals surface area contributed by atoms with Gasteiger partial charge >= 0.3 is 0 Å². The van der Waals surface area contributed by atoms with Crippen LogP contribution in [0, 0.1) is 0 Å². The van der Waals surface area contributed by atoms with Crippen LogP contribution < -0.4 is 5.32 Å². The zero-order valence-electron chi connectivity index (χ0n) is 15.8. The van der Waals surface area contributed by atoms with E-state index in [1.165, 1.54) is 70.6 Å². The van der Waals surface area contributed by atoms with E-state index in [-0.39, 0.29) is 6.61 Å². The van der Waals surface area contributed by atoms with Crippen LogP contribution in [0.25, 0.3) is 0 Å². The summed E-state index contributed by atoms with van der Waals surface area (Å²) in [6.07, 6.45) is 18.9. The van der Waals surface area contributed by atoms with E-state index < -0.39 is 12.1 Å². The van der Waals surface area contributed by atoms with Crippen molar-refractivity contribution in [2.24, 2.45) is 0 Å². The Labute approximate surface area is 154 Å². The Morgan fingerprint density at radius 1 is 0.958 bits per heavy atom. The minimum absolute atomic E-state index is 0.127. The van der Waals surface area contributed by atoms with Gasteiger partial charge in [-0.1, -0.05) is 95.5 Å². The van der Waals surface area contributed by atoms with Crippen LogP contribution in [0.1, 0.15) is 90.9 Å². The molecule has 142 valence electrons. The number of hydrogen-bond donors (Lipinski definition) is 3. The standard InChI is InChI=1S/C20H39NO2S/c1-3-4-5-6-7-8-9-10-11-12-13-14-15-16-20(23)19(17-22)21-18(2)24/h15-16,19-20,22-23H,3-14,17H2,1-2H3,(H,21,24)/b16-15+. The number of nitrogens with one attached hydrogen (secondary N) is 1. The van der Waals surface area contributed by atoms with Crippen molar-refractivity contribution in [1.29, 1.82) is 0 Å². The van der Waals surface area contributed by atoms with E-state index in [2.05, 4.69) is 12.2 Å². The Morgan fingerprint density at radius 3 is 1.92 bits per heavy atom. The largest absolute Gasteiger partial charge is 0.394 e. The first-order valence-corrected chi connectivity index (χ1v) is 10.2. The van der Waals surface area contributed by atoms with Crippen molar-refractivity contribution in [3.05, 3.63) is 12.2 Å². The molecular weight excluding hydrogens is 318 g/mol. The number of rotatable bonds is 16. The fourth-order valence-electron chi connectivity index (χ4n) is 2.80. The summed E-state index contributed by atoms with van der Waals surface area (Å²) in [7, 11) is 0. The van der Waals surface area contributed by atoms with E-state index >= 15 is 0 Å². The number of hydrogen-bond acceptors (Lipinski definition) is 3. The molecule has 0 saturated carbocycles. The van der Waals surface area contributed by atoms with Crippen molar-refractivity contribution < 1.29 is 10.2 Å². The van der Waals surface area contributed by atoms with Gasteiger partial charge in [0, 0.05) is 0 Å². The molecule has 0 saturated heterocycles. The summed E-state index contributed by atoms with van der Waals surface area (Å²) in [4.78, 5) is 0.590. The zero-order valence-corrected chi connectivity index (χ0v) is 16.6. The smallest absolute Gasteiger partial charge is 0.0944 e. The fraction of sp³-hybridized carbons (Fsp3) is 0.850. The van der Waals surface area contributed by atoms with E-state index in [4.69, 9.17) is 12.2 Å². The minimum atomic E-state index is -0.694. The predicted molar refractivity (Wildman–Crippen MR) is 109 cm³/mol. The Kier molecular flexibility index (Phi) is 17.0. The van der Waals surface area contributed by atoms with Crippen LogP contribution >= 0.6 is 12.2 Å². The molecule has 4 heteroatoms. The molecule has 0 aromatic carbocycles. The van der Waals surface area contributed by atoms with Gasteiger partial charge in [-0.2, -0.15) is 0 Å². The van der Waals surface area contributed by atoms with E-state index in [0.29, 0.717) is 4.99 Å². The van der Waals surface area contributed by atoms with Gasteiger partial charge < -0.3 is 15.5 Å². The lowest BCUT2D eigenvalue weighted by molar-refractivity contribution is 0.134. The molecule has 0 radical (unpaired) electrons. The summed E-state index contributed by atoms with van der Waals surface area (Å²) in [6.45, 7) is 3.88. The van der Waals surface area contributed by atoms with Crippen molar-refractivity contribution >= 4 is 17.2 Å². The van der Waals surface area contributed by atoms with Crippen LogP contribution in [0.5, 0.6) is 0 Å². The van der Waals surface area contributed by atoms with Gasteiger partial charge in [-0.3, -0.25) is 0 Å². The molecular formula is C20H39NO2S. The SMILES string of the molecule is CCCCCCCCCCCCC/C=C/C(O)C(CO)NC(C)=S. The molecule has 0 aliphatic rings. The second-order valence-electron chi connectivity index (χ2n) is 6.73. The molecule has 0 rings (SSSR count). The summed E-state index contributed by atoms with van der Waals surface area (Å²) >= 11 is 4.94. The van der Waals surface area contributed by atoms with Gasteiger partial charge in [0.2, 0.25) is 0 Å². The van der Waals surface area contributed by atoms with Crippen LogP contribution in [0.4, 0.5) is 0 Å². The van der Waals surface area contributed by atoms with E-state index in [0.717, 1.165) is 6.42 Å². The maximum absolute atomic E-state index is 9.97. The number of thiocarbonyl (C=S) groups is 1. The van der Waals surface area contributed by atoms with Gasteiger partial charge in [0.05, 0.1) is 23.7 Å². The van der Waals surface area contributed by atoms with Gasteiger partial charge in [-0.05, 0) is 19.8 Å². The Morgan fingerprint density at radius 2 is 1.46 bits per heavy atom. The summed E-state index contributed by atoms with van der Waals surface area (Å²) in [5.74, 6) is 0. The van der Waals surface area contributed by atoms with Gasteiger partial charge in [-0.15, -0.1) is 0 Å². The minimum Gasteiger partial charge on any atom is -0.394 e. The van der Waals surface area contributed by atoms with Crippen molar-refractivity contribution in [3.8, 4) is 0 Å². The topological polar surface area (TPSA) is 52.5 Å². The second kappa shape index (κ2) is 17.4. The van der Waals surface area contributed by atoms with Gasteiger partial charge in [-0.25, -0.2) is 0 Å². The molecule has 0 aromatic rings. The molecule has 0 bridgehead atoms. The fourth-order valence-corrected chi connectivity index (χ4v) is 2.95. The number of allylic oxidation sites excluding steroid dienone is 1. The van der Waals surface area contributed by atoms with Gasteiger partial charge in [0.25, 0.3) is 0 Å². The third-order valence-corrected chi connectivity index (χ3v) is 4.42. The van der Waals surface area contributed by atoms with Crippen LogP contribution in [-0.2, 0) is 0 Å². The lowest BCUT2D eigenvalue weighted by Gasteiger charge is -2.19. The molecule has 2 unspecified atom stereocenters. The third kappa shape index (κ3) is 15.1. The van der Waals surface area contributed by atoms with Crippen molar-refractivity contribution in [3.63, 3.8) is 0 Å². The summed E-state index contributed by atoms with van der Waals surface area (Å²) in [5, 5.41) is 22.1. The molecule has 0 fully saturated rings. The maximum Gasteiger partial charge on any atom is 0.0944 e. The highest BCUT2D eigenvalue weighted by Crippen LogP contribution is 2.12. The van der Waals surface area contributed by atoms with E-state index in [9.17, 15) is 10.2 Å².